The number of aryl methyl sites for hydroxylation is 1. The molecular formula is C19H20FNO3S. The maximum absolute atomic E-state index is 13.4. The van der Waals surface area contributed by atoms with Gasteiger partial charge in [-0.2, -0.15) is 4.31 Å². The minimum Gasteiger partial charge on any atom is -0.294 e. The number of carbonyl (C=O) groups is 1. The molecule has 0 bridgehead atoms. The number of sulfonamides is 1. The van der Waals surface area contributed by atoms with Gasteiger partial charge in [-0.1, -0.05) is 30.3 Å². The number of nitrogens with zero attached hydrogens (tertiary/aromatic N) is 1. The van der Waals surface area contributed by atoms with Gasteiger partial charge < -0.3 is 0 Å². The van der Waals surface area contributed by atoms with Crippen molar-refractivity contribution in [2.75, 3.05) is 13.1 Å². The number of ketones is 1. The van der Waals surface area contributed by atoms with Crippen molar-refractivity contribution in [2.24, 2.45) is 5.92 Å². The number of halogens is 1. The highest BCUT2D eigenvalue weighted by molar-refractivity contribution is 7.89. The smallest absolute Gasteiger partial charge is 0.243 e. The Bertz CT molecular complexity index is 873. The summed E-state index contributed by atoms with van der Waals surface area (Å²) in [5, 5.41) is 0. The van der Waals surface area contributed by atoms with Crippen LogP contribution in [0.5, 0.6) is 0 Å². The van der Waals surface area contributed by atoms with E-state index in [4.69, 9.17) is 0 Å². The molecule has 0 atom stereocenters. The molecule has 1 heterocycles. The van der Waals surface area contributed by atoms with Crippen LogP contribution < -0.4 is 0 Å². The van der Waals surface area contributed by atoms with Crippen LogP contribution in [-0.4, -0.2) is 31.6 Å². The van der Waals surface area contributed by atoms with Crippen LogP contribution in [0, 0.1) is 18.7 Å². The molecule has 0 saturated carbocycles. The Morgan fingerprint density at radius 3 is 2.32 bits per heavy atom. The van der Waals surface area contributed by atoms with Crippen LogP contribution in [0.3, 0.4) is 0 Å². The number of carbonyl (C=O) groups excluding carboxylic acids is 1. The Kier molecular flexibility index (Phi) is 5.01. The number of rotatable bonds is 4. The summed E-state index contributed by atoms with van der Waals surface area (Å²) in [5.74, 6) is -0.523. The summed E-state index contributed by atoms with van der Waals surface area (Å²) in [6.07, 6.45) is 0.986. The van der Waals surface area contributed by atoms with E-state index in [1.165, 1.54) is 22.5 Å². The van der Waals surface area contributed by atoms with E-state index in [0.717, 1.165) is 0 Å². The van der Waals surface area contributed by atoms with E-state index >= 15 is 0 Å². The first kappa shape index (κ1) is 17.8. The summed E-state index contributed by atoms with van der Waals surface area (Å²) in [4.78, 5) is 12.6. The van der Waals surface area contributed by atoms with Crippen molar-refractivity contribution in [3.8, 4) is 0 Å². The molecule has 25 heavy (non-hydrogen) atoms. The van der Waals surface area contributed by atoms with Gasteiger partial charge in [0, 0.05) is 24.6 Å². The Morgan fingerprint density at radius 2 is 1.72 bits per heavy atom. The molecule has 0 spiro atoms. The molecule has 0 aliphatic carbocycles. The monoisotopic (exact) mass is 361 g/mol. The number of Topliss-reactive ketones (excluding diaryl/α,β-unsaturated/α-hetero) is 1. The fraction of sp³-hybridized carbons (Fsp3) is 0.316. The highest BCUT2D eigenvalue weighted by Crippen LogP contribution is 2.27. The maximum atomic E-state index is 13.4. The first-order chi connectivity index (χ1) is 11.9. The van der Waals surface area contributed by atoms with E-state index in [-0.39, 0.29) is 16.6 Å². The zero-order valence-electron chi connectivity index (χ0n) is 14.0. The molecule has 0 aromatic heterocycles. The lowest BCUT2D eigenvalue weighted by Crippen LogP contribution is -2.40. The Labute approximate surface area is 147 Å². The van der Waals surface area contributed by atoms with Crippen LogP contribution in [-0.2, 0) is 10.0 Å². The summed E-state index contributed by atoms with van der Waals surface area (Å²) in [6.45, 7) is 2.13. The van der Waals surface area contributed by atoms with E-state index in [1.54, 1.807) is 19.1 Å². The molecule has 2 aromatic carbocycles. The molecule has 2 aromatic rings. The van der Waals surface area contributed by atoms with Gasteiger partial charge in [-0.05, 0) is 43.5 Å². The average molecular weight is 361 g/mol. The Morgan fingerprint density at radius 1 is 1.08 bits per heavy atom. The first-order valence-corrected chi connectivity index (χ1v) is 9.69. The molecule has 1 saturated heterocycles. The summed E-state index contributed by atoms with van der Waals surface area (Å²) in [6, 6.07) is 12.9. The molecule has 1 fully saturated rings. The van der Waals surface area contributed by atoms with Gasteiger partial charge in [0.2, 0.25) is 10.0 Å². The van der Waals surface area contributed by atoms with Crippen molar-refractivity contribution in [2.45, 2.75) is 24.7 Å². The largest absolute Gasteiger partial charge is 0.294 e. The third-order valence-corrected chi connectivity index (χ3v) is 6.54. The molecule has 6 heteroatoms. The highest BCUT2D eigenvalue weighted by Gasteiger charge is 2.32. The second kappa shape index (κ2) is 7.06. The van der Waals surface area contributed by atoms with E-state index in [2.05, 4.69) is 0 Å². The molecule has 1 aliphatic rings. The van der Waals surface area contributed by atoms with Crippen molar-refractivity contribution < 1.29 is 17.6 Å². The van der Waals surface area contributed by atoms with Gasteiger partial charge in [-0.25, -0.2) is 12.8 Å². The summed E-state index contributed by atoms with van der Waals surface area (Å²) in [7, 11) is -3.66. The van der Waals surface area contributed by atoms with E-state index in [1.807, 2.05) is 18.2 Å². The first-order valence-electron chi connectivity index (χ1n) is 8.25. The van der Waals surface area contributed by atoms with E-state index < -0.39 is 15.8 Å². The predicted octanol–water partition coefficient (Wildman–Crippen LogP) is 3.42. The molecule has 132 valence electrons. The zero-order valence-corrected chi connectivity index (χ0v) is 14.8. The second-order valence-corrected chi connectivity index (χ2v) is 8.26. The van der Waals surface area contributed by atoms with E-state index in [0.29, 0.717) is 37.1 Å². The molecule has 0 unspecified atom stereocenters. The van der Waals surface area contributed by atoms with Crippen LogP contribution in [0.15, 0.2) is 53.4 Å². The van der Waals surface area contributed by atoms with Crippen LogP contribution >= 0.6 is 0 Å². The van der Waals surface area contributed by atoms with Crippen molar-refractivity contribution in [1.82, 2.24) is 4.31 Å². The number of hydrogen-bond acceptors (Lipinski definition) is 3. The quantitative estimate of drug-likeness (QED) is 0.784. The fourth-order valence-electron chi connectivity index (χ4n) is 3.12. The number of benzene rings is 2. The number of piperidine rings is 1. The van der Waals surface area contributed by atoms with Gasteiger partial charge in [-0.3, -0.25) is 4.79 Å². The van der Waals surface area contributed by atoms with Gasteiger partial charge in [-0.15, -0.1) is 0 Å². The SMILES string of the molecule is Cc1cc(S(=O)(=O)N2CCC(C(=O)c3ccccc3)CC2)ccc1F. The van der Waals surface area contributed by atoms with Crippen LogP contribution in [0.2, 0.25) is 0 Å². The van der Waals surface area contributed by atoms with Gasteiger partial charge >= 0.3 is 0 Å². The van der Waals surface area contributed by atoms with E-state index in [9.17, 15) is 17.6 Å². The molecule has 0 amide bonds. The summed E-state index contributed by atoms with van der Waals surface area (Å²) >= 11 is 0. The molecule has 4 nitrogen and oxygen atoms in total. The lowest BCUT2D eigenvalue weighted by atomic mass is 9.90. The number of hydrogen-bond donors (Lipinski definition) is 0. The van der Waals surface area contributed by atoms with Crippen molar-refractivity contribution in [3.63, 3.8) is 0 Å². The van der Waals surface area contributed by atoms with Gasteiger partial charge in [0.05, 0.1) is 4.90 Å². The summed E-state index contributed by atoms with van der Waals surface area (Å²) < 4.78 is 40.2. The van der Waals surface area contributed by atoms with Gasteiger partial charge in [0.25, 0.3) is 0 Å². The summed E-state index contributed by atoms with van der Waals surface area (Å²) in [5.41, 5.74) is 0.966. The highest BCUT2D eigenvalue weighted by atomic mass is 32.2. The Hall–Kier alpha value is -2.05. The molecule has 0 N–H and O–H groups in total. The topological polar surface area (TPSA) is 54.5 Å². The fourth-order valence-corrected chi connectivity index (χ4v) is 4.68. The third-order valence-electron chi connectivity index (χ3n) is 4.65. The van der Waals surface area contributed by atoms with Crippen molar-refractivity contribution >= 4 is 15.8 Å². The minimum absolute atomic E-state index is 0.0651. The molecule has 1 aliphatic heterocycles. The third kappa shape index (κ3) is 3.65. The normalized spacial score (nSPS) is 16.7. The van der Waals surface area contributed by atoms with Crippen molar-refractivity contribution in [3.05, 3.63) is 65.5 Å². The van der Waals surface area contributed by atoms with Crippen molar-refractivity contribution in [1.29, 1.82) is 0 Å². The van der Waals surface area contributed by atoms with Crippen LogP contribution in [0.25, 0.3) is 0 Å². The van der Waals surface area contributed by atoms with Gasteiger partial charge in [0.1, 0.15) is 5.82 Å². The zero-order chi connectivity index (χ0) is 18.0. The standard InChI is InChI=1S/C19H20FNO3S/c1-14-13-17(7-8-18(14)20)25(23,24)21-11-9-16(10-12-21)19(22)15-5-3-2-4-6-15/h2-8,13,16H,9-12H2,1H3. The van der Waals surface area contributed by atoms with Crippen LogP contribution in [0.4, 0.5) is 4.39 Å². The predicted molar refractivity (Wildman–Crippen MR) is 93.4 cm³/mol. The molecular weight excluding hydrogens is 341 g/mol. The van der Waals surface area contributed by atoms with Gasteiger partial charge in [0.15, 0.2) is 5.78 Å². The molecule has 0 radical (unpaired) electrons. The minimum atomic E-state index is -3.66. The van der Waals surface area contributed by atoms with Crippen LogP contribution in [0.1, 0.15) is 28.8 Å². The lowest BCUT2D eigenvalue weighted by molar-refractivity contribution is 0.0875. The maximum Gasteiger partial charge on any atom is 0.243 e. The molecule has 3 rings (SSSR count). The second-order valence-electron chi connectivity index (χ2n) is 6.32. The Balaban J connectivity index is 1.71. The lowest BCUT2D eigenvalue weighted by Gasteiger charge is -2.30. The average Bonchev–Trinajstić information content (AvgIpc) is 2.64.